The molecule has 0 amide bonds. The number of aliphatic imine (C=N–C) groups is 1. The lowest BCUT2D eigenvalue weighted by molar-refractivity contribution is 0.0904. The van der Waals surface area contributed by atoms with Gasteiger partial charge >= 0.3 is 0 Å². The molecule has 1 aliphatic rings. The second-order valence-electron chi connectivity index (χ2n) is 7.58. The van der Waals surface area contributed by atoms with Gasteiger partial charge in [-0.15, -0.1) is 24.0 Å². The Hall–Kier alpha value is -1.11. The number of ether oxygens (including phenoxy) is 1. The fourth-order valence-electron chi connectivity index (χ4n) is 3.12. The molecule has 1 N–H and O–H groups in total. The molecule has 1 saturated heterocycles. The van der Waals surface area contributed by atoms with Crippen molar-refractivity contribution in [1.29, 1.82) is 0 Å². The number of guanidine groups is 1. The van der Waals surface area contributed by atoms with Gasteiger partial charge in [0, 0.05) is 59.6 Å². The Balaban J connectivity index is 0.00000450. The minimum Gasteiger partial charge on any atom is -0.378 e. The maximum Gasteiger partial charge on any atom is 0.216 e. The van der Waals surface area contributed by atoms with Crippen LogP contribution < -0.4 is 10.2 Å². The van der Waals surface area contributed by atoms with E-state index in [-0.39, 0.29) is 42.4 Å². The Bertz CT molecular complexity index is 761. The summed E-state index contributed by atoms with van der Waals surface area (Å²) in [6.07, 6.45) is 0.0375. The Morgan fingerprint density at radius 3 is 2.27 bits per heavy atom. The first-order valence-corrected chi connectivity index (χ1v) is 11.6. The molecule has 0 aromatic heterocycles. The zero-order valence-corrected chi connectivity index (χ0v) is 21.8. The molecule has 30 heavy (non-hydrogen) atoms. The van der Waals surface area contributed by atoms with Gasteiger partial charge in [-0.1, -0.05) is 12.1 Å². The Morgan fingerprint density at radius 2 is 1.77 bits per heavy atom. The van der Waals surface area contributed by atoms with Gasteiger partial charge in [-0.3, -0.25) is 4.99 Å². The van der Waals surface area contributed by atoms with Crippen molar-refractivity contribution in [2.75, 3.05) is 64.6 Å². The first-order chi connectivity index (χ1) is 13.7. The normalized spacial score (nSPS) is 15.8. The monoisotopic (exact) mass is 553 g/mol. The maximum absolute atomic E-state index is 12.5. The van der Waals surface area contributed by atoms with Crippen molar-refractivity contribution in [1.82, 2.24) is 14.5 Å². The molecule has 0 atom stereocenters. The van der Waals surface area contributed by atoms with Crippen LogP contribution in [-0.2, 0) is 21.3 Å². The van der Waals surface area contributed by atoms with E-state index in [9.17, 15) is 8.42 Å². The van der Waals surface area contributed by atoms with Crippen LogP contribution >= 0.6 is 24.0 Å². The number of halogens is 1. The quantitative estimate of drug-likeness (QED) is 0.301. The van der Waals surface area contributed by atoms with E-state index in [4.69, 9.17) is 4.74 Å². The molecule has 1 fully saturated rings. The van der Waals surface area contributed by atoms with Gasteiger partial charge in [0.2, 0.25) is 10.0 Å². The van der Waals surface area contributed by atoms with Crippen LogP contribution in [0.5, 0.6) is 0 Å². The van der Waals surface area contributed by atoms with Crippen LogP contribution in [0.4, 0.5) is 5.69 Å². The van der Waals surface area contributed by atoms with Gasteiger partial charge < -0.3 is 19.9 Å². The minimum absolute atomic E-state index is 0. The lowest BCUT2D eigenvalue weighted by Gasteiger charge is -2.35. The van der Waals surface area contributed by atoms with Crippen molar-refractivity contribution in [2.24, 2.45) is 4.99 Å². The predicted octanol–water partition coefficient (Wildman–Crippen LogP) is 1.82. The van der Waals surface area contributed by atoms with Gasteiger partial charge in [-0.2, -0.15) is 4.31 Å². The lowest BCUT2D eigenvalue weighted by Crippen LogP contribution is -2.54. The highest BCUT2D eigenvalue weighted by molar-refractivity contribution is 14.0. The third kappa shape index (κ3) is 8.20. The number of nitrogens with one attached hydrogen (secondary N) is 1. The summed E-state index contributed by atoms with van der Waals surface area (Å²) in [6, 6.07) is 8.37. The maximum atomic E-state index is 12.5. The Kier molecular flexibility index (Phi) is 11.4. The molecule has 10 heteroatoms. The molecule has 1 aromatic rings. The van der Waals surface area contributed by atoms with Crippen molar-refractivity contribution in [2.45, 2.75) is 26.5 Å². The fraction of sp³-hybridized carbons (Fsp3) is 0.650. The SMILES string of the molecule is CN=C(NCc1ccc(N(C)C)cc1)N1CCN(S(=O)(=O)CCOC(C)C)CC1.I. The summed E-state index contributed by atoms with van der Waals surface area (Å²) >= 11 is 0. The lowest BCUT2D eigenvalue weighted by atomic mass is 10.2. The van der Waals surface area contributed by atoms with E-state index in [1.54, 1.807) is 11.4 Å². The highest BCUT2D eigenvalue weighted by atomic mass is 127. The minimum atomic E-state index is -3.28. The van der Waals surface area contributed by atoms with E-state index in [1.165, 1.54) is 5.56 Å². The molecule has 0 bridgehead atoms. The molecule has 1 aliphatic heterocycles. The standard InChI is InChI=1S/C20H35N5O3S.HI/c1-17(2)28-14-15-29(26,27)25-12-10-24(11-13-25)20(21-3)22-16-18-6-8-19(9-7-18)23(4)5;/h6-9,17H,10-16H2,1-5H3,(H,21,22);1H. The highest BCUT2D eigenvalue weighted by Gasteiger charge is 2.27. The topological polar surface area (TPSA) is 77.5 Å². The van der Waals surface area contributed by atoms with E-state index in [1.807, 2.05) is 27.9 Å². The summed E-state index contributed by atoms with van der Waals surface area (Å²) in [7, 11) is 2.51. The molecule has 0 radical (unpaired) electrons. The van der Waals surface area contributed by atoms with Crippen molar-refractivity contribution in [3.8, 4) is 0 Å². The number of hydrogen-bond acceptors (Lipinski definition) is 5. The van der Waals surface area contributed by atoms with Gasteiger partial charge in [0.1, 0.15) is 0 Å². The number of sulfonamides is 1. The number of anilines is 1. The summed E-state index contributed by atoms with van der Waals surface area (Å²) < 4.78 is 31.9. The van der Waals surface area contributed by atoms with Crippen LogP contribution in [0, 0.1) is 0 Å². The van der Waals surface area contributed by atoms with Gasteiger partial charge in [0.25, 0.3) is 0 Å². The van der Waals surface area contributed by atoms with E-state index >= 15 is 0 Å². The summed E-state index contributed by atoms with van der Waals surface area (Å²) in [5.41, 5.74) is 2.33. The molecule has 1 heterocycles. The molecule has 8 nitrogen and oxygen atoms in total. The van der Waals surface area contributed by atoms with Crippen LogP contribution in [0.15, 0.2) is 29.3 Å². The van der Waals surface area contributed by atoms with E-state index in [0.29, 0.717) is 32.7 Å². The summed E-state index contributed by atoms with van der Waals surface area (Å²) in [4.78, 5) is 8.53. The summed E-state index contributed by atoms with van der Waals surface area (Å²) in [5, 5.41) is 3.38. The first kappa shape index (κ1) is 26.9. The first-order valence-electron chi connectivity index (χ1n) is 10.0. The molecular formula is C20H36IN5O3S. The molecule has 2 rings (SSSR count). The molecule has 1 aromatic carbocycles. The molecule has 0 spiro atoms. The number of rotatable bonds is 8. The van der Waals surface area contributed by atoms with Gasteiger partial charge in [-0.05, 0) is 31.5 Å². The van der Waals surface area contributed by atoms with Gasteiger partial charge in [0.15, 0.2) is 5.96 Å². The van der Waals surface area contributed by atoms with Gasteiger partial charge in [0.05, 0.1) is 18.5 Å². The number of benzene rings is 1. The average Bonchev–Trinajstić information content (AvgIpc) is 2.68. The summed E-state index contributed by atoms with van der Waals surface area (Å²) in [5.74, 6) is 0.822. The second kappa shape index (κ2) is 12.7. The largest absolute Gasteiger partial charge is 0.378 e. The Morgan fingerprint density at radius 1 is 1.17 bits per heavy atom. The van der Waals surface area contributed by atoms with Crippen LogP contribution in [-0.4, -0.2) is 89.4 Å². The van der Waals surface area contributed by atoms with E-state index in [2.05, 4.69) is 44.4 Å². The van der Waals surface area contributed by atoms with Gasteiger partial charge in [-0.25, -0.2) is 8.42 Å². The van der Waals surface area contributed by atoms with Crippen LogP contribution in [0.2, 0.25) is 0 Å². The van der Waals surface area contributed by atoms with E-state index in [0.717, 1.165) is 11.6 Å². The smallest absolute Gasteiger partial charge is 0.216 e. The third-order valence-corrected chi connectivity index (χ3v) is 6.67. The molecule has 0 saturated carbocycles. The van der Waals surface area contributed by atoms with Crippen molar-refractivity contribution >= 4 is 45.6 Å². The summed E-state index contributed by atoms with van der Waals surface area (Å²) in [6.45, 7) is 6.86. The second-order valence-corrected chi connectivity index (χ2v) is 9.67. The zero-order chi connectivity index (χ0) is 21.4. The van der Waals surface area contributed by atoms with Crippen molar-refractivity contribution in [3.05, 3.63) is 29.8 Å². The van der Waals surface area contributed by atoms with Crippen molar-refractivity contribution in [3.63, 3.8) is 0 Å². The highest BCUT2D eigenvalue weighted by Crippen LogP contribution is 2.13. The molecule has 172 valence electrons. The number of piperazine rings is 1. The predicted molar refractivity (Wildman–Crippen MR) is 134 cm³/mol. The van der Waals surface area contributed by atoms with E-state index < -0.39 is 10.0 Å². The zero-order valence-electron chi connectivity index (χ0n) is 18.7. The third-order valence-electron chi connectivity index (χ3n) is 4.84. The molecular weight excluding hydrogens is 517 g/mol. The number of hydrogen-bond donors (Lipinski definition) is 1. The average molecular weight is 554 g/mol. The molecule has 0 unspecified atom stereocenters. The van der Waals surface area contributed by atoms with Crippen LogP contribution in [0.3, 0.4) is 0 Å². The van der Waals surface area contributed by atoms with Crippen LogP contribution in [0.1, 0.15) is 19.4 Å². The Labute approximate surface area is 198 Å². The molecule has 0 aliphatic carbocycles. The van der Waals surface area contributed by atoms with Crippen molar-refractivity contribution < 1.29 is 13.2 Å². The van der Waals surface area contributed by atoms with Crippen LogP contribution in [0.25, 0.3) is 0 Å². The fourth-order valence-corrected chi connectivity index (χ4v) is 4.41. The number of nitrogens with zero attached hydrogens (tertiary/aromatic N) is 4.